The molecule has 1 fully saturated rings. The Morgan fingerprint density at radius 2 is 1.66 bits per heavy atom. The zero-order valence-corrected chi connectivity index (χ0v) is 17.4. The minimum Gasteiger partial charge on any atom is -0.497 e. The van der Waals surface area contributed by atoms with Crippen molar-refractivity contribution in [2.24, 2.45) is 10.7 Å². The van der Waals surface area contributed by atoms with Crippen LogP contribution in [0.1, 0.15) is 11.1 Å². The van der Waals surface area contributed by atoms with E-state index in [2.05, 4.69) is 62.6 Å². The molecule has 3 rings (SSSR count). The van der Waals surface area contributed by atoms with Crippen LogP contribution in [-0.4, -0.2) is 68.7 Å². The number of nitrogens with zero attached hydrogens (tertiary/aromatic N) is 3. The molecule has 0 bridgehead atoms. The standard InChI is InChI=1S/C23H33N5O/c1-29-22-9-7-20(8-10-22)11-12-25-23(24)26-13-14-27-15-17-28(18-16-27)19-21-5-3-2-4-6-21/h2-10H,11-19H2,1H3,(H3,24,25,26). The van der Waals surface area contributed by atoms with E-state index < -0.39 is 0 Å². The Hall–Kier alpha value is -2.57. The van der Waals surface area contributed by atoms with Crippen LogP contribution >= 0.6 is 0 Å². The highest BCUT2D eigenvalue weighted by molar-refractivity contribution is 5.77. The van der Waals surface area contributed by atoms with Gasteiger partial charge in [-0.05, 0) is 29.7 Å². The lowest BCUT2D eigenvalue weighted by molar-refractivity contribution is 0.130. The lowest BCUT2D eigenvalue weighted by Crippen LogP contribution is -2.46. The summed E-state index contributed by atoms with van der Waals surface area (Å²) in [6.07, 6.45) is 0.906. The molecule has 6 nitrogen and oxygen atoms in total. The summed E-state index contributed by atoms with van der Waals surface area (Å²) in [7, 11) is 1.68. The lowest BCUT2D eigenvalue weighted by Gasteiger charge is -2.34. The summed E-state index contributed by atoms with van der Waals surface area (Å²) in [5.41, 5.74) is 8.64. The predicted octanol–water partition coefficient (Wildman–Crippen LogP) is 1.96. The maximum absolute atomic E-state index is 6.00. The van der Waals surface area contributed by atoms with Gasteiger partial charge in [0.25, 0.3) is 0 Å². The van der Waals surface area contributed by atoms with Crippen molar-refractivity contribution in [2.75, 3.05) is 52.9 Å². The Morgan fingerprint density at radius 1 is 0.966 bits per heavy atom. The fraction of sp³-hybridized carbons (Fsp3) is 0.435. The van der Waals surface area contributed by atoms with Gasteiger partial charge in [0.2, 0.25) is 0 Å². The summed E-state index contributed by atoms with van der Waals surface area (Å²) < 4.78 is 5.18. The van der Waals surface area contributed by atoms with Gasteiger partial charge in [0.15, 0.2) is 5.96 Å². The largest absolute Gasteiger partial charge is 0.497 e. The minimum atomic E-state index is 0.529. The SMILES string of the molecule is COc1ccc(CCNC(N)=NCCN2CCN(Cc3ccccc3)CC2)cc1. The van der Waals surface area contributed by atoms with Crippen molar-refractivity contribution in [3.8, 4) is 5.75 Å². The highest BCUT2D eigenvalue weighted by Gasteiger charge is 2.16. The highest BCUT2D eigenvalue weighted by Crippen LogP contribution is 2.11. The molecule has 1 heterocycles. The van der Waals surface area contributed by atoms with Crippen molar-refractivity contribution < 1.29 is 4.74 Å². The number of nitrogens with one attached hydrogen (secondary N) is 1. The Morgan fingerprint density at radius 3 is 2.34 bits per heavy atom. The van der Waals surface area contributed by atoms with Crippen LogP contribution in [0, 0.1) is 0 Å². The number of benzene rings is 2. The zero-order valence-electron chi connectivity index (χ0n) is 17.4. The average molecular weight is 396 g/mol. The molecule has 0 radical (unpaired) electrons. The summed E-state index contributed by atoms with van der Waals surface area (Å²) >= 11 is 0. The van der Waals surface area contributed by atoms with Gasteiger partial charge in [-0.3, -0.25) is 14.8 Å². The average Bonchev–Trinajstić information content (AvgIpc) is 2.76. The second-order valence-corrected chi connectivity index (χ2v) is 7.40. The minimum absolute atomic E-state index is 0.529. The summed E-state index contributed by atoms with van der Waals surface area (Å²) in [4.78, 5) is 9.46. The van der Waals surface area contributed by atoms with Gasteiger partial charge in [0.05, 0.1) is 13.7 Å². The summed E-state index contributed by atoms with van der Waals surface area (Å²) in [5, 5.41) is 3.20. The molecule has 0 aliphatic carbocycles. The molecule has 3 N–H and O–H groups in total. The van der Waals surface area contributed by atoms with E-state index >= 15 is 0 Å². The molecule has 0 unspecified atom stereocenters. The molecule has 1 aliphatic heterocycles. The highest BCUT2D eigenvalue weighted by atomic mass is 16.5. The molecule has 2 aromatic rings. The number of hydrogen-bond donors (Lipinski definition) is 2. The van der Waals surface area contributed by atoms with Crippen LogP contribution in [0.15, 0.2) is 59.6 Å². The van der Waals surface area contributed by atoms with E-state index in [1.54, 1.807) is 7.11 Å². The molecule has 2 aromatic carbocycles. The summed E-state index contributed by atoms with van der Waals surface area (Å²) in [5.74, 6) is 1.41. The molecule has 1 saturated heterocycles. The van der Waals surface area contributed by atoms with Gasteiger partial charge in [-0.25, -0.2) is 0 Å². The van der Waals surface area contributed by atoms with Gasteiger partial charge in [-0.1, -0.05) is 42.5 Å². The number of ether oxygens (including phenoxy) is 1. The van der Waals surface area contributed by atoms with E-state index in [9.17, 15) is 0 Å². The monoisotopic (exact) mass is 395 g/mol. The van der Waals surface area contributed by atoms with E-state index in [4.69, 9.17) is 10.5 Å². The topological polar surface area (TPSA) is 66.1 Å². The first-order valence-corrected chi connectivity index (χ1v) is 10.4. The van der Waals surface area contributed by atoms with Crippen LogP contribution in [0.25, 0.3) is 0 Å². The number of hydrogen-bond acceptors (Lipinski definition) is 4. The van der Waals surface area contributed by atoms with Crippen molar-refractivity contribution in [3.05, 3.63) is 65.7 Å². The van der Waals surface area contributed by atoms with Crippen molar-refractivity contribution in [3.63, 3.8) is 0 Å². The van der Waals surface area contributed by atoms with Crippen LogP contribution in [0.5, 0.6) is 5.75 Å². The molecule has 0 atom stereocenters. The molecular weight excluding hydrogens is 362 g/mol. The second-order valence-electron chi connectivity index (χ2n) is 7.40. The van der Waals surface area contributed by atoms with E-state index in [-0.39, 0.29) is 0 Å². The van der Waals surface area contributed by atoms with E-state index in [1.165, 1.54) is 11.1 Å². The first-order chi connectivity index (χ1) is 14.2. The molecule has 156 valence electrons. The molecule has 6 heteroatoms. The van der Waals surface area contributed by atoms with E-state index in [0.717, 1.165) is 64.5 Å². The van der Waals surface area contributed by atoms with Crippen LogP contribution in [-0.2, 0) is 13.0 Å². The van der Waals surface area contributed by atoms with Crippen LogP contribution < -0.4 is 15.8 Å². The van der Waals surface area contributed by atoms with Gasteiger partial charge in [-0.2, -0.15) is 0 Å². The Labute approximate surface area is 174 Å². The third kappa shape index (κ3) is 7.40. The molecule has 0 amide bonds. The second kappa shape index (κ2) is 11.4. The first kappa shape index (κ1) is 21.1. The van der Waals surface area contributed by atoms with Crippen LogP contribution in [0.2, 0.25) is 0 Å². The summed E-state index contributed by atoms with van der Waals surface area (Å²) in [6, 6.07) is 18.8. The van der Waals surface area contributed by atoms with Crippen molar-refractivity contribution in [1.82, 2.24) is 15.1 Å². The third-order valence-corrected chi connectivity index (χ3v) is 5.29. The first-order valence-electron chi connectivity index (χ1n) is 10.4. The van der Waals surface area contributed by atoms with E-state index in [0.29, 0.717) is 5.96 Å². The van der Waals surface area contributed by atoms with Crippen LogP contribution in [0.4, 0.5) is 0 Å². The maximum atomic E-state index is 6.00. The van der Waals surface area contributed by atoms with Crippen molar-refractivity contribution in [2.45, 2.75) is 13.0 Å². The molecular formula is C23H33N5O. The van der Waals surface area contributed by atoms with Crippen molar-refractivity contribution >= 4 is 5.96 Å². The fourth-order valence-electron chi connectivity index (χ4n) is 3.51. The molecule has 0 spiro atoms. The van der Waals surface area contributed by atoms with Crippen molar-refractivity contribution in [1.29, 1.82) is 0 Å². The van der Waals surface area contributed by atoms with Gasteiger partial charge in [0.1, 0.15) is 5.75 Å². The number of methoxy groups -OCH3 is 1. The van der Waals surface area contributed by atoms with Gasteiger partial charge < -0.3 is 15.8 Å². The fourth-order valence-corrected chi connectivity index (χ4v) is 3.51. The Balaban J connectivity index is 1.28. The number of nitrogens with two attached hydrogens (primary N) is 1. The summed E-state index contributed by atoms with van der Waals surface area (Å²) in [6.45, 7) is 7.90. The Kier molecular flexibility index (Phi) is 8.34. The maximum Gasteiger partial charge on any atom is 0.188 e. The number of rotatable bonds is 9. The lowest BCUT2D eigenvalue weighted by atomic mass is 10.1. The van der Waals surface area contributed by atoms with Gasteiger partial charge in [0, 0.05) is 45.8 Å². The molecule has 29 heavy (non-hydrogen) atoms. The smallest absolute Gasteiger partial charge is 0.188 e. The Bertz CT molecular complexity index is 740. The van der Waals surface area contributed by atoms with Gasteiger partial charge >= 0.3 is 0 Å². The number of guanidine groups is 1. The van der Waals surface area contributed by atoms with Crippen LogP contribution in [0.3, 0.4) is 0 Å². The quantitative estimate of drug-likeness (QED) is 0.502. The normalized spacial score (nSPS) is 16.0. The molecule has 0 aromatic heterocycles. The number of aliphatic imine (C=N–C) groups is 1. The number of piperazine rings is 1. The van der Waals surface area contributed by atoms with Gasteiger partial charge in [-0.15, -0.1) is 0 Å². The predicted molar refractivity (Wildman–Crippen MR) is 119 cm³/mol. The molecule has 1 aliphatic rings. The van der Waals surface area contributed by atoms with E-state index in [1.807, 2.05) is 12.1 Å². The third-order valence-electron chi connectivity index (χ3n) is 5.29. The zero-order chi connectivity index (χ0) is 20.3. The molecule has 0 saturated carbocycles.